The van der Waals surface area contributed by atoms with Crippen LogP contribution in [0.1, 0.15) is 13.3 Å². The Bertz CT molecular complexity index is 629. The molecule has 0 fully saturated rings. The van der Waals surface area contributed by atoms with Crippen molar-refractivity contribution in [1.29, 1.82) is 0 Å². The minimum Gasteiger partial charge on any atom is -0.490 e. The molecule has 3 N–H and O–H groups in total. The van der Waals surface area contributed by atoms with E-state index in [1.807, 2.05) is 43.3 Å². The summed E-state index contributed by atoms with van der Waals surface area (Å²) in [7, 11) is 0. The van der Waals surface area contributed by atoms with Gasteiger partial charge in [-0.15, -0.1) is 0 Å². The first-order valence-corrected chi connectivity index (χ1v) is 7.19. The Hall–Kier alpha value is -2.69. The molecule has 0 bridgehead atoms. The van der Waals surface area contributed by atoms with Crippen molar-refractivity contribution in [2.45, 2.75) is 13.3 Å². The summed E-state index contributed by atoms with van der Waals surface area (Å²) in [5.74, 6) is 1.17. The van der Waals surface area contributed by atoms with Crippen LogP contribution in [0.2, 0.25) is 0 Å². The third-order valence-electron chi connectivity index (χ3n) is 2.97. The lowest BCUT2D eigenvalue weighted by molar-refractivity contribution is -0.116. The third-order valence-corrected chi connectivity index (χ3v) is 2.97. The molecule has 2 aromatic carbocycles. The highest BCUT2D eigenvalue weighted by molar-refractivity contribution is 5.93. The normalized spacial score (nSPS) is 10.0. The van der Waals surface area contributed by atoms with E-state index in [0.717, 1.165) is 0 Å². The summed E-state index contributed by atoms with van der Waals surface area (Å²) in [6, 6.07) is 14.5. The Labute approximate surface area is 130 Å². The van der Waals surface area contributed by atoms with E-state index in [4.69, 9.17) is 15.2 Å². The monoisotopic (exact) mass is 300 g/mol. The fraction of sp³-hybridized carbons (Fsp3) is 0.235. The quantitative estimate of drug-likeness (QED) is 0.771. The molecule has 0 aliphatic rings. The van der Waals surface area contributed by atoms with Crippen LogP contribution in [0.5, 0.6) is 11.5 Å². The molecule has 116 valence electrons. The number of benzene rings is 2. The van der Waals surface area contributed by atoms with Crippen molar-refractivity contribution in [2.75, 3.05) is 24.3 Å². The van der Waals surface area contributed by atoms with Crippen molar-refractivity contribution in [3.05, 3.63) is 48.5 Å². The molecule has 0 spiro atoms. The van der Waals surface area contributed by atoms with Crippen LogP contribution >= 0.6 is 0 Å². The van der Waals surface area contributed by atoms with Gasteiger partial charge >= 0.3 is 0 Å². The van der Waals surface area contributed by atoms with Gasteiger partial charge in [0.15, 0.2) is 11.5 Å². The van der Waals surface area contributed by atoms with Crippen molar-refractivity contribution in [3.63, 3.8) is 0 Å². The molecule has 0 aliphatic heterocycles. The van der Waals surface area contributed by atoms with Crippen molar-refractivity contribution < 1.29 is 14.3 Å². The van der Waals surface area contributed by atoms with Gasteiger partial charge in [0.25, 0.3) is 0 Å². The zero-order valence-corrected chi connectivity index (χ0v) is 12.5. The molecule has 0 aliphatic carbocycles. The predicted octanol–water partition coefficient (Wildman–Crippen LogP) is 3.08. The van der Waals surface area contributed by atoms with Gasteiger partial charge in [-0.3, -0.25) is 4.79 Å². The molecule has 5 heteroatoms. The van der Waals surface area contributed by atoms with Crippen LogP contribution in [0.25, 0.3) is 0 Å². The lowest BCUT2D eigenvalue weighted by atomic mass is 10.2. The van der Waals surface area contributed by atoms with Crippen molar-refractivity contribution in [3.8, 4) is 11.5 Å². The number of amides is 1. The number of carbonyl (C=O) groups excluding carboxylic acids is 1. The Morgan fingerprint density at radius 1 is 1.05 bits per heavy atom. The number of nitrogens with one attached hydrogen (secondary N) is 1. The molecule has 0 unspecified atom stereocenters. The summed E-state index contributed by atoms with van der Waals surface area (Å²) in [5, 5.41) is 2.76. The summed E-state index contributed by atoms with van der Waals surface area (Å²) in [4.78, 5) is 11.9. The van der Waals surface area contributed by atoms with Crippen LogP contribution in [0.4, 0.5) is 11.4 Å². The molecule has 0 heterocycles. The van der Waals surface area contributed by atoms with E-state index in [2.05, 4.69) is 5.32 Å². The number of nitrogens with two attached hydrogens (primary N) is 1. The van der Waals surface area contributed by atoms with E-state index >= 15 is 0 Å². The summed E-state index contributed by atoms with van der Waals surface area (Å²) < 4.78 is 11.1. The number of nitrogen functional groups attached to an aromatic ring is 1. The van der Waals surface area contributed by atoms with Gasteiger partial charge in [-0.1, -0.05) is 24.3 Å². The van der Waals surface area contributed by atoms with Crippen LogP contribution in [0, 0.1) is 0 Å². The highest BCUT2D eigenvalue weighted by Gasteiger charge is 2.07. The van der Waals surface area contributed by atoms with Crippen LogP contribution in [0.15, 0.2) is 48.5 Å². The topological polar surface area (TPSA) is 73.6 Å². The predicted molar refractivity (Wildman–Crippen MR) is 87.2 cm³/mol. The molecular weight excluding hydrogens is 280 g/mol. The van der Waals surface area contributed by atoms with E-state index in [1.54, 1.807) is 12.1 Å². The third kappa shape index (κ3) is 4.41. The van der Waals surface area contributed by atoms with Gasteiger partial charge in [0.2, 0.25) is 5.91 Å². The summed E-state index contributed by atoms with van der Waals surface area (Å²) in [6.45, 7) is 2.74. The SMILES string of the molecule is CCOc1ccccc1OCCC(=O)Nc1ccccc1N. The second kappa shape index (κ2) is 7.93. The van der Waals surface area contributed by atoms with E-state index in [0.29, 0.717) is 29.5 Å². The molecule has 1 amide bonds. The maximum Gasteiger partial charge on any atom is 0.227 e. The molecular formula is C17H20N2O3. The molecule has 0 radical (unpaired) electrons. The van der Waals surface area contributed by atoms with E-state index in [9.17, 15) is 4.79 Å². The Morgan fingerprint density at radius 2 is 1.68 bits per heavy atom. The first-order valence-electron chi connectivity index (χ1n) is 7.19. The Balaban J connectivity index is 1.84. The smallest absolute Gasteiger partial charge is 0.227 e. The minimum atomic E-state index is -0.146. The fourth-order valence-corrected chi connectivity index (χ4v) is 1.92. The molecule has 2 rings (SSSR count). The molecule has 22 heavy (non-hydrogen) atoms. The maximum atomic E-state index is 11.9. The zero-order chi connectivity index (χ0) is 15.8. The average Bonchev–Trinajstić information content (AvgIpc) is 2.51. The second-order valence-corrected chi connectivity index (χ2v) is 4.61. The van der Waals surface area contributed by atoms with Gasteiger partial charge in [0.1, 0.15) is 0 Å². The number of para-hydroxylation sites is 4. The molecule has 0 saturated heterocycles. The van der Waals surface area contributed by atoms with Gasteiger partial charge in [-0.25, -0.2) is 0 Å². The number of rotatable bonds is 7. The number of hydrogen-bond donors (Lipinski definition) is 2. The van der Waals surface area contributed by atoms with E-state index in [1.165, 1.54) is 0 Å². The summed E-state index contributed by atoms with van der Waals surface area (Å²) in [6.07, 6.45) is 0.231. The number of hydrogen-bond acceptors (Lipinski definition) is 4. The van der Waals surface area contributed by atoms with Gasteiger partial charge in [-0.2, -0.15) is 0 Å². The highest BCUT2D eigenvalue weighted by Crippen LogP contribution is 2.26. The first kappa shape index (κ1) is 15.7. The Morgan fingerprint density at radius 3 is 2.36 bits per heavy atom. The minimum absolute atomic E-state index is 0.146. The molecule has 0 aromatic heterocycles. The van der Waals surface area contributed by atoms with Gasteiger partial charge in [0, 0.05) is 0 Å². The van der Waals surface area contributed by atoms with Gasteiger partial charge in [0.05, 0.1) is 31.0 Å². The molecule has 5 nitrogen and oxygen atoms in total. The summed E-state index contributed by atoms with van der Waals surface area (Å²) in [5.41, 5.74) is 6.93. The van der Waals surface area contributed by atoms with Crippen LogP contribution in [0.3, 0.4) is 0 Å². The van der Waals surface area contributed by atoms with Gasteiger partial charge < -0.3 is 20.5 Å². The van der Waals surface area contributed by atoms with Gasteiger partial charge in [-0.05, 0) is 31.2 Å². The molecule has 0 saturated carbocycles. The molecule has 2 aromatic rings. The number of ether oxygens (including phenoxy) is 2. The lowest BCUT2D eigenvalue weighted by Crippen LogP contribution is -2.16. The largest absolute Gasteiger partial charge is 0.490 e. The Kier molecular flexibility index (Phi) is 5.65. The first-order chi connectivity index (χ1) is 10.7. The lowest BCUT2D eigenvalue weighted by Gasteiger charge is -2.12. The standard InChI is InChI=1S/C17H20N2O3/c1-2-21-15-9-5-6-10-16(15)22-12-11-17(20)19-14-8-4-3-7-13(14)18/h3-10H,2,11-12,18H2,1H3,(H,19,20). The second-order valence-electron chi connectivity index (χ2n) is 4.61. The number of carbonyl (C=O) groups is 1. The van der Waals surface area contributed by atoms with Crippen LogP contribution < -0.4 is 20.5 Å². The number of anilines is 2. The highest BCUT2D eigenvalue weighted by atomic mass is 16.5. The summed E-state index contributed by atoms with van der Waals surface area (Å²) >= 11 is 0. The van der Waals surface area contributed by atoms with Crippen LogP contribution in [-0.2, 0) is 4.79 Å². The van der Waals surface area contributed by atoms with Crippen molar-refractivity contribution in [1.82, 2.24) is 0 Å². The van der Waals surface area contributed by atoms with Crippen LogP contribution in [-0.4, -0.2) is 19.1 Å². The van der Waals surface area contributed by atoms with E-state index in [-0.39, 0.29) is 18.9 Å². The average molecular weight is 300 g/mol. The van der Waals surface area contributed by atoms with Crippen molar-refractivity contribution in [2.24, 2.45) is 0 Å². The zero-order valence-electron chi connectivity index (χ0n) is 12.5. The van der Waals surface area contributed by atoms with E-state index < -0.39 is 0 Å². The maximum absolute atomic E-state index is 11.9. The molecule has 0 atom stereocenters. The fourth-order valence-electron chi connectivity index (χ4n) is 1.92. The van der Waals surface area contributed by atoms with Crippen molar-refractivity contribution >= 4 is 17.3 Å².